The summed E-state index contributed by atoms with van der Waals surface area (Å²) in [7, 11) is 0. The van der Waals surface area contributed by atoms with Crippen molar-refractivity contribution < 1.29 is 19.8 Å². The number of thioether (sulfide) groups is 1. The Morgan fingerprint density at radius 2 is 1.33 bits per heavy atom. The van der Waals surface area contributed by atoms with E-state index in [4.69, 9.17) is 0 Å². The molecule has 11 heteroatoms. The zero-order chi connectivity index (χ0) is 43.9. The molecule has 0 amide bonds. The smallest absolute Gasteiger partial charge is 0.349 e. The number of fused-ring (bicyclic) bond motifs is 7. The van der Waals surface area contributed by atoms with Crippen LogP contribution >= 0.6 is 46.2 Å². The third kappa shape index (κ3) is 7.85. The summed E-state index contributed by atoms with van der Waals surface area (Å²) in [6.07, 6.45) is 6.85. The number of hydrogen-bond acceptors (Lipinski definition) is 9. The second kappa shape index (κ2) is 17.7. The quantitative estimate of drug-likeness (QED) is 0.0704. The van der Waals surface area contributed by atoms with Crippen LogP contribution in [0.25, 0.3) is 69.0 Å². The minimum absolute atomic E-state index is 0.139. The predicted octanol–water partition coefficient (Wildman–Crippen LogP) is 14.7. The van der Waals surface area contributed by atoms with E-state index in [-0.39, 0.29) is 11.6 Å². The van der Waals surface area contributed by atoms with Gasteiger partial charge in [-0.15, -0.1) is 22.7 Å². The van der Waals surface area contributed by atoms with Crippen molar-refractivity contribution in [3.8, 4) is 39.4 Å². The number of thiophene rings is 2. The van der Waals surface area contributed by atoms with E-state index in [1.807, 2.05) is 36.0 Å². The number of carboxylic acid groups (broad SMARTS) is 2. The lowest BCUT2D eigenvalue weighted by atomic mass is 9.93. The van der Waals surface area contributed by atoms with Gasteiger partial charge in [0.15, 0.2) is 5.57 Å². The van der Waals surface area contributed by atoms with Crippen LogP contribution in [0.1, 0.15) is 38.2 Å². The van der Waals surface area contributed by atoms with Gasteiger partial charge >= 0.3 is 11.9 Å². The fourth-order valence-electron chi connectivity index (χ4n) is 8.81. The molecular weight excluding hydrogens is 871 g/mol. The first-order valence-electron chi connectivity index (χ1n) is 21.3. The molecule has 0 aliphatic carbocycles. The first-order valence-corrected chi connectivity index (χ1v) is 24.5. The van der Waals surface area contributed by atoms with E-state index in [9.17, 15) is 25.1 Å². The Hall–Kier alpha value is -6.29. The highest BCUT2D eigenvalue weighted by molar-refractivity contribution is 8.07. The fraction of sp³-hybridized carbons (Fsp3) is 0.151. The topological polar surface area (TPSA) is 105 Å². The van der Waals surface area contributed by atoms with Gasteiger partial charge in [-0.1, -0.05) is 129 Å². The van der Waals surface area contributed by atoms with Crippen LogP contribution in [-0.2, 0) is 9.59 Å². The average Bonchev–Trinajstić information content (AvgIpc) is 3.98. The molecule has 64 heavy (non-hydrogen) atoms. The lowest BCUT2D eigenvalue weighted by molar-refractivity contribution is -0.138. The number of unbranched alkanes of at least 4 members (excludes halogenated alkanes) is 3. The SMILES string of the molecule is CCCCCCN1c2ccccc2Sc2cc(-c3cc4c(cc3-c3ccccc3)sc3c5cc(/C=C6\CN(CC(=O)O)/C(=C(/C#N)C(=O)O)S6)c(-c6ccccc6)cc5sc43)ccc21. The molecule has 2 aliphatic heterocycles. The molecule has 1 saturated heterocycles. The Kier molecular flexibility index (Phi) is 11.5. The Morgan fingerprint density at radius 3 is 2.02 bits per heavy atom. The van der Waals surface area contributed by atoms with Crippen LogP contribution in [0.2, 0.25) is 0 Å². The molecule has 0 saturated carbocycles. The number of aliphatic carboxylic acids is 2. The summed E-state index contributed by atoms with van der Waals surface area (Å²) >= 11 is 6.60. The van der Waals surface area contributed by atoms with Gasteiger partial charge in [0.1, 0.15) is 17.6 Å². The largest absolute Gasteiger partial charge is 0.480 e. The lowest BCUT2D eigenvalue weighted by Crippen LogP contribution is -2.27. The van der Waals surface area contributed by atoms with Crippen molar-refractivity contribution in [2.45, 2.75) is 42.4 Å². The van der Waals surface area contributed by atoms with Crippen molar-refractivity contribution in [3.63, 3.8) is 0 Å². The van der Waals surface area contributed by atoms with Crippen molar-refractivity contribution in [2.24, 2.45) is 0 Å². The van der Waals surface area contributed by atoms with Crippen LogP contribution in [0, 0.1) is 11.3 Å². The molecule has 0 radical (unpaired) electrons. The van der Waals surface area contributed by atoms with Gasteiger partial charge in [-0.2, -0.15) is 5.26 Å². The molecule has 7 nitrogen and oxygen atoms in total. The highest BCUT2D eigenvalue weighted by atomic mass is 32.2. The summed E-state index contributed by atoms with van der Waals surface area (Å²) in [4.78, 5) is 31.2. The second-order valence-corrected chi connectivity index (χ2v) is 20.3. The van der Waals surface area contributed by atoms with Gasteiger partial charge in [0.25, 0.3) is 0 Å². The van der Waals surface area contributed by atoms with Crippen LogP contribution in [0.15, 0.2) is 153 Å². The van der Waals surface area contributed by atoms with E-state index in [0.29, 0.717) is 0 Å². The van der Waals surface area contributed by atoms with Crippen molar-refractivity contribution in [3.05, 3.63) is 148 Å². The summed E-state index contributed by atoms with van der Waals surface area (Å²) in [5.74, 6) is -2.48. The number of nitriles is 1. The second-order valence-electron chi connectivity index (χ2n) is 15.9. The van der Waals surface area contributed by atoms with Crippen molar-refractivity contribution in [1.29, 1.82) is 5.26 Å². The van der Waals surface area contributed by atoms with Gasteiger partial charge in [0.05, 0.1) is 27.3 Å². The highest BCUT2D eigenvalue weighted by Crippen LogP contribution is 2.52. The molecule has 2 aliphatic rings. The number of hydrogen-bond donors (Lipinski definition) is 2. The van der Waals surface area contributed by atoms with Crippen molar-refractivity contribution in [2.75, 3.05) is 24.5 Å². The van der Waals surface area contributed by atoms with Crippen LogP contribution in [-0.4, -0.2) is 46.7 Å². The summed E-state index contributed by atoms with van der Waals surface area (Å²) in [6.45, 7) is 3.00. The van der Waals surface area contributed by atoms with Crippen LogP contribution < -0.4 is 4.90 Å². The molecule has 0 bridgehead atoms. The van der Waals surface area contributed by atoms with E-state index in [2.05, 4.69) is 121 Å². The van der Waals surface area contributed by atoms with E-state index in [1.165, 1.54) is 81.5 Å². The highest BCUT2D eigenvalue weighted by Gasteiger charge is 2.31. The third-order valence-corrected chi connectivity index (χ3v) is 16.6. The molecule has 0 unspecified atom stereocenters. The molecular formula is C53H41N3O4S4. The monoisotopic (exact) mass is 911 g/mol. The van der Waals surface area contributed by atoms with E-state index in [0.717, 1.165) is 62.0 Å². The van der Waals surface area contributed by atoms with Crippen LogP contribution in [0.3, 0.4) is 0 Å². The Labute approximate surface area is 387 Å². The first-order chi connectivity index (χ1) is 31.3. The maximum atomic E-state index is 12.0. The maximum Gasteiger partial charge on any atom is 0.349 e. The first kappa shape index (κ1) is 41.7. The zero-order valence-corrected chi connectivity index (χ0v) is 38.1. The number of carbonyl (C=O) groups is 2. The number of rotatable bonds is 12. The standard InChI is InChI=1S/C53H41N3O4S4/c1-2-3-4-13-22-56-43-18-11-12-19-45(43)62-48-25-34(20-21-44(48)56)38-26-41-47(28-39(38)33-16-9-6-10-17-33)64-50-40-24-35(37(27-46(40)63-51(41)50)32-14-7-5-8-15-32)23-36-30-55(31-49(57)58)52(61-36)42(29-54)53(59)60/h5-12,14-21,23-28H,2-4,13,22,30-31H2,1H3,(H,57,58)(H,59,60)/b36-23+,52-42+. The van der Waals surface area contributed by atoms with E-state index >= 15 is 0 Å². The minimum atomic E-state index is -1.38. The zero-order valence-electron chi connectivity index (χ0n) is 34.8. The van der Waals surface area contributed by atoms with Crippen molar-refractivity contribution >= 4 is 105 Å². The van der Waals surface area contributed by atoms with E-state index in [1.54, 1.807) is 28.7 Å². The number of para-hydroxylation sites is 1. The van der Waals surface area contributed by atoms with E-state index < -0.39 is 24.1 Å². The number of carboxylic acids is 2. The molecule has 6 aromatic carbocycles. The van der Waals surface area contributed by atoms with Crippen LogP contribution in [0.5, 0.6) is 0 Å². The summed E-state index contributed by atoms with van der Waals surface area (Å²) in [6, 6.07) is 47.6. The fourth-order valence-corrected chi connectivity index (χ4v) is 13.8. The number of anilines is 2. The van der Waals surface area contributed by atoms with Gasteiger partial charge in [0.2, 0.25) is 0 Å². The maximum absolute atomic E-state index is 12.0. The lowest BCUT2D eigenvalue weighted by Gasteiger charge is -2.33. The Bertz CT molecular complexity index is 3260. The normalized spacial score (nSPS) is 14.9. The molecule has 2 N–H and O–H groups in total. The molecule has 1 fully saturated rings. The minimum Gasteiger partial charge on any atom is -0.480 e. The molecule has 2 aromatic heterocycles. The Balaban J connectivity index is 1.12. The average molecular weight is 912 g/mol. The van der Waals surface area contributed by atoms with Gasteiger partial charge in [0, 0.05) is 41.4 Å². The summed E-state index contributed by atoms with van der Waals surface area (Å²) in [5.41, 5.74) is 9.78. The summed E-state index contributed by atoms with van der Waals surface area (Å²) in [5, 5.41) is 31.7. The molecule has 0 atom stereocenters. The van der Waals surface area contributed by atoms with Crippen LogP contribution in [0.4, 0.5) is 11.4 Å². The molecule has 316 valence electrons. The molecule has 0 spiro atoms. The predicted molar refractivity (Wildman–Crippen MR) is 268 cm³/mol. The summed E-state index contributed by atoms with van der Waals surface area (Å²) < 4.78 is 4.80. The van der Waals surface area contributed by atoms with Gasteiger partial charge in [-0.25, -0.2) is 4.79 Å². The van der Waals surface area contributed by atoms with Gasteiger partial charge in [-0.3, -0.25) is 4.79 Å². The van der Waals surface area contributed by atoms with Gasteiger partial charge < -0.3 is 20.0 Å². The molecule has 10 rings (SSSR count). The van der Waals surface area contributed by atoms with Gasteiger partial charge in [-0.05, 0) is 100.0 Å². The number of nitrogens with zero attached hydrogens (tertiary/aromatic N) is 3. The molecule has 8 aromatic rings. The number of benzene rings is 6. The third-order valence-electron chi connectivity index (χ3n) is 11.8. The van der Waals surface area contributed by atoms with Crippen molar-refractivity contribution in [1.82, 2.24) is 4.90 Å². The molecule has 4 heterocycles. The Morgan fingerprint density at radius 1 is 0.688 bits per heavy atom.